The fourth-order valence-electron chi connectivity index (χ4n) is 1.27. The maximum absolute atomic E-state index is 10.2. The standard InChI is InChI=1S/C10H8O3/c11-5-4-8-2-1-3-9-10(8)13-7-6-12-9/h1-4H,6-7H2. The van der Waals surface area contributed by atoms with Crippen LogP contribution in [0.5, 0.6) is 11.5 Å². The number of benzene rings is 1. The predicted octanol–water partition coefficient (Wildman–Crippen LogP) is 1.30. The molecule has 0 unspecified atom stereocenters. The van der Waals surface area contributed by atoms with Gasteiger partial charge in [-0.3, -0.25) is 0 Å². The van der Waals surface area contributed by atoms with E-state index in [1.807, 2.05) is 12.1 Å². The van der Waals surface area contributed by atoms with Gasteiger partial charge in [-0.2, -0.15) is 0 Å². The minimum absolute atomic E-state index is 0.525. The first-order valence-electron chi connectivity index (χ1n) is 4.01. The number of carbonyl (C=O) groups excluding carboxylic acids is 1. The molecule has 0 N–H and O–H groups in total. The molecule has 3 nitrogen and oxygen atoms in total. The molecule has 3 heteroatoms. The summed E-state index contributed by atoms with van der Waals surface area (Å²) in [5.41, 5.74) is 0.715. The highest BCUT2D eigenvalue weighted by molar-refractivity contribution is 5.78. The summed E-state index contributed by atoms with van der Waals surface area (Å²) in [5, 5.41) is 0. The Hall–Kier alpha value is -1.73. The Kier molecular flexibility index (Phi) is 2.02. The zero-order valence-electron chi connectivity index (χ0n) is 6.95. The third-order valence-corrected chi connectivity index (χ3v) is 1.81. The zero-order chi connectivity index (χ0) is 9.10. The van der Waals surface area contributed by atoms with E-state index in [9.17, 15) is 4.79 Å². The molecule has 0 aromatic heterocycles. The molecule has 0 bridgehead atoms. The first-order valence-corrected chi connectivity index (χ1v) is 4.01. The molecule has 0 atom stereocenters. The summed E-state index contributed by atoms with van der Waals surface area (Å²) in [6.45, 7) is 1.08. The molecular weight excluding hydrogens is 168 g/mol. The van der Waals surface area contributed by atoms with Gasteiger partial charge >= 0.3 is 0 Å². The summed E-state index contributed by atoms with van der Waals surface area (Å²) in [6, 6.07) is 5.42. The molecule has 0 radical (unpaired) electrons. The topological polar surface area (TPSA) is 35.5 Å². The van der Waals surface area contributed by atoms with E-state index < -0.39 is 0 Å². The predicted molar refractivity (Wildman–Crippen MR) is 47.6 cm³/mol. The highest BCUT2D eigenvalue weighted by Gasteiger charge is 2.13. The summed E-state index contributed by atoms with van der Waals surface area (Å²) in [6.07, 6.45) is 1.34. The lowest BCUT2D eigenvalue weighted by atomic mass is 10.2. The monoisotopic (exact) mass is 176 g/mol. The molecule has 66 valence electrons. The van der Waals surface area contributed by atoms with Gasteiger partial charge in [0.15, 0.2) is 11.5 Å². The van der Waals surface area contributed by atoms with Crippen molar-refractivity contribution in [1.82, 2.24) is 0 Å². The molecule has 0 saturated carbocycles. The van der Waals surface area contributed by atoms with Gasteiger partial charge in [-0.1, -0.05) is 12.1 Å². The van der Waals surface area contributed by atoms with Gasteiger partial charge in [0, 0.05) is 11.6 Å². The molecular formula is C10H8O3. The van der Waals surface area contributed by atoms with Crippen LogP contribution in [0.4, 0.5) is 0 Å². The minimum atomic E-state index is 0.525. The smallest absolute Gasteiger partial charge is 0.169 e. The Morgan fingerprint density at radius 1 is 1.31 bits per heavy atom. The first-order chi connectivity index (χ1) is 6.42. The van der Waals surface area contributed by atoms with Crippen LogP contribution in [-0.2, 0) is 4.79 Å². The van der Waals surface area contributed by atoms with Crippen molar-refractivity contribution in [1.29, 1.82) is 0 Å². The van der Waals surface area contributed by atoms with Gasteiger partial charge in [-0.25, -0.2) is 4.79 Å². The lowest BCUT2D eigenvalue weighted by Crippen LogP contribution is -2.15. The molecule has 1 aromatic rings. The number of rotatable bonds is 1. The molecule has 0 fully saturated rings. The average molecular weight is 176 g/mol. The van der Waals surface area contributed by atoms with Crippen LogP contribution >= 0.6 is 0 Å². The highest BCUT2D eigenvalue weighted by Crippen LogP contribution is 2.33. The van der Waals surface area contributed by atoms with Crippen molar-refractivity contribution in [2.24, 2.45) is 0 Å². The molecule has 2 rings (SSSR count). The molecule has 1 aliphatic rings. The van der Waals surface area contributed by atoms with E-state index in [1.54, 1.807) is 12.0 Å². The Morgan fingerprint density at radius 2 is 2.15 bits per heavy atom. The van der Waals surface area contributed by atoms with Crippen LogP contribution in [0.3, 0.4) is 0 Å². The van der Waals surface area contributed by atoms with Crippen LogP contribution in [0.15, 0.2) is 18.2 Å². The molecule has 0 spiro atoms. The minimum Gasteiger partial charge on any atom is -0.486 e. The lowest BCUT2D eigenvalue weighted by Gasteiger charge is -2.19. The molecule has 1 aliphatic heterocycles. The van der Waals surface area contributed by atoms with Crippen molar-refractivity contribution >= 4 is 12.0 Å². The van der Waals surface area contributed by atoms with Crippen LogP contribution in [0.1, 0.15) is 5.56 Å². The fourth-order valence-corrected chi connectivity index (χ4v) is 1.27. The van der Waals surface area contributed by atoms with Crippen LogP contribution in [0, 0.1) is 0 Å². The van der Waals surface area contributed by atoms with Gasteiger partial charge in [-0.05, 0) is 6.07 Å². The molecule has 0 aliphatic carbocycles. The maximum Gasteiger partial charge on any atom is 0.169 e. The normalized spacial score (nSPS) is 13.2. The van der Waals surface area contributed by atoms with Gasteiger partial charge in [0.05, 0.1) is 0 Å². The Morgan fingerprint density at radius 3 is 3.00 bits per heavy atom. The van der Waals surface area contributed by atoms with Crippen LogP contribution in [-0.4, -0.2) is 19.2 Å². The Bertz CT molecular complexity index is 364. The van der Waals surface area contributed by atoms with E-state index in [0.29, 0.717) is 30.3 Å². The quantitative estimate of drug-likeness (QED) is 0.605. The largest absolute Gasteiger partial charge is 0.486 e. The highest BCUT2D eigenvalue weighted by atomic mass is 16.6. The number of ether oxygens (including phenoxy) is 2. The van der Waals surface area contributed by atoms with E-state index in [4.69, 9.17) is 9.47 Å². The number of hydrogen-bond acceptors (Lipinski definition) is 3. The number of para-hydroxylation sites is 1. The number of fused-ring (bicyclic) bond motifs is 1. The number of hydrogen-bond donors (Lipinski definition) is 0. The van der Waals surface area contributed by atoms with Gasteiger partial charge in [0.2, 0.25) is 0 Å². The molecule has 1 heterocycles. The first kappa shape index (κ1) is 7.90. The second kappa shape index (κ2) is 3.33. The van der Waals surface area contributed by atoms with E-state index in [2.05, 4.69) is 0 Å². The summed E-state index contributed by atoms with van der Waals surface area (Å²) in [4.78, 5) is 10.2. The van der Waals surface area contributed by atoms with E-state index in [-0.39, 0.29) is 0 Å². The van der Waals surface area contributed by atoms with Crippen molar-refractivity contribution in [3.63, 3.8) is 0 Å². The van der Waals surface area contributed by atoms with Crippen LogP contribution in [0.25, 0.3) is 6.08 Å². The van der Waals surface area contributed by atoms with Crippen molar-refractivity contribution in [3.05, 3.63) is 23.8 Å². The van der Waals surface area contributed by atoms with Gasteiger partial charge in [-0.15, -0.1) is 0 Å². The van der Waals surface area contributed by atoms with E-state index in [1.165, 1.54) is 6.08 Å². The van der Waals surface area contributed by atoms with E-state index in [0.717, 1.165) is 0 Å². The lowest BCUT2D eigenvalue weighted by molar-refractivity contribution is 0.171. The van der Waals surface area contributed by atoms with Crippen molar-refractivity contribution < 1.29 is 14.3 Å². The summed E-state index contributed by atoms with van der Waals surface area (Å²) < 4.78 is 10.7. The van der Waals surface area contributed by atoms with Crippen molar-refractivity contribution in [2.45, 2.75) is 0 Å². The average Bonchev–Trinajstić information content (AvgIpc) is 2.19. The molecule has 0 amide bonds. The summed E-state index contributed by atoms with van der Waals surface area (Å²) >= 11 is 0. The SMILES string of the molecule is O=C=Cc1cccc2c1OCCO2. The molecule has 13 heavy (non-hydrogen) atoms. The molecule has 1 aromatic carbocycles. The van der Waals surface area contributed by atoms with Crippen molar-refractivity contribution in [2.75, 3.05) is 13.2 Å². The van der Waals surface area contributed by atoms with E-state index >= 15 is 0 Å². The van der Waals surface area contributed by atoms with Gasteiger partial charge < -0.3 is 9.47 Å². The second-order valence-corrected chi connectivity index (χ2v) is 2.63. The van der Waals surface area contributed by atoms with Crippen LogP contribution in [0.2, 0.25) is 0 Å². The van der Waals surface area contributed by atoms with Gasteiger partial charge in [0.25, 0.3) is 0 Å². The Labute approximate surface area is 75.6 Å². The van der Waals surface area contributed by atoms with Gasteiger partial charge in [0.1, 0.15) is 19.2 Å². The second-order valence-electron chi connectivity index (χ2n) is 2.63. The third-order valence-electron chi connectivity index (χ3n) is 1.81. The van der Waals surface area contributed by atoms with Crippen LogP contribution < -0.4 is 9.47 Å². The zero-order valence-corrected chi connectivity index (χ0v) is 6.95. The summed E-state index contributed by atoms with van der Waals surface area (Å²) in [5.74, 6) is 3.05. The molecule has 0 saturated heterocycles. The maximum atomic E-state index is 10.2. The third kappa shape index (κ3) is 1.42. The Balaban J connectivity index is 2.51. The van der Waals surface area contributed by atoms with Crippen molar-refractivity contribution in [3.8, 4) is 11.5 Å². The fraction of sp³-hybridized carbons (Fsp3) is 0.200. The summed E-state index contributed by atoms with van der Waals surface area (Å²) in [7, 11) is 0.